The molecule has 0 atom stereocenters. The van der Waals surface area contributed by atoms with E-state index in [0.29, 0.717) is 29.0 Å². The number of hydrogen-bond acceptors (Lipinski definition) is 6. The van der Waals surface area contributed by atoms with E-state index >= 15 is 0 Å². The smallest absolute Gasteiger partial charge is 0.149 e. The molecule has 2 heterocycles. The predicted octanol–water partition coefficient (Wildman–Crippen LogP) is 1.40. The van der Waals surface area contributed by atoms with Crippen LogP contribution in [0.3, 0.4) is 0 Å². The highest BCUT2D eigenvalue weighted by atomic mass is 32.1. The van der Waals surface area contributed by atoms with Crippen molar-refractivity contribution in [3.05, 3.63) is 47.8 Å². The molecule has 7 nitrogen and oxygen atoms in total. The third kappa shape index (κ3) is 2.81. The number of hydrogen-bond donors (Lipinski definition) is 3. The summed E-state index contributed by atoms with van der Waals surface area (Å²) >= 11 is 5.07. The van der Waals surface area contributed by atoms with Crippen molar-refractivity contribution < 1.29 is 4.74 Å². The molecule has 0 saturated carbocycles. The quantitative estimate of drug-likeness (QED) is 0.606. The second-order valence-electron chi connectivity index (χ2n) is 4.97. The van der Waals surface area contributed by atoms with Crippen LogP contribution in [0.1, 0.15) is 11.1 Å². The molecule has 0 spiro atoms. The van der Waals surface area contributed by atoms with Crippen molar-refractivity contribution in [2.24, 2.45) is 5.73 Å². The lowest BCUT2D eigenvalue weighted by atomic mass is 10.2. The maximum atomic E-state index is 6.16. The van der Waals surface area contributed by atoms with Crippen molar-refractivity contribution >= 4 is 39.9 Å². The first-order chi connectivity index (χ1) is 11.1. The van der Waals surface area contributed by atoms with Gasteiger partial charge in [0.1, 0.15) is 35.3 Å². The Bertz CT molecular complexity index is 861. The van der Waals surface area contributed by atoms with Crippen LogP contribution in [0.15, 0.2) is 36.7 Å². The summed E-state index contributed by atoms with van der Waals surface area (Å²) in [5, 5.41) is 0.556. The van der Waals surface area contributed by atoms with E-state index in [1.165, 1.54) is 6.33 Å². The average molecular weight is 328 g/mol. The predicted molar refractivity (Wildman–Crippen MR) is 93.5 cm³/mol. The van der Waals surface area contributed by atoms with E-state index < -0.39 is 0 Å². The third-order valence-corrected chi connectivity index (χ3v) is 3.69. The molecule has 0 radical (unpaired) electrons. The molecule has 0 unspecified atom stereocenters. The van der Waals surface area contributed by atoms with Gasteiger partial charge in [0.25, 0.3) is 0 Å². The molecule has 0 aliphatic heterocycles. The minimum Gasteiger partial charge on any atom is -0.389 e. The zero-order valence-electron chi connectivity index (χ0n) is 12.3. The van der Waals surface area contributed by atoms with Gasteiger partial charge in [-0.15, -0.1) is 0 Å². The van der Waals surface area contributed by atoms with Gasteiger partial charge in [0.05, 0.1) is 17.6 Å². The summed E-state index contributed by atoms with van der Waals surface area (Å²) in [6, 6.07) is 9.83. The number of benzene rings is 1. The highest BCUT2D eigenvalue weighted by molar-refractivity contribution is 7.80. The fraction of sp³-hybridized carbons (Fsp3) is 0.133. The van der Waals surface area contributed by atoms with Crippen LogP contribution in [0.2, 0.25) is 0 Å². The normalized spacial score (nSPS) is 11.0. The maximum Gasteiger partial charge on any atom is 0.149 e. The Labute approximate surface area is 138 Å². The number of thiocarbonyl (C=S) groups is 1. The van der Waals surface area contributed by atoms with Crippen molar-refractivity contribution in [2.75, 3.05) is 11.5 Å². The van der Waals surface area contributed by atoms with E-state index in [2.05, 4.69) is 9.97 Å². The number of anilines is 2. The first kappa shape index (κ1) is 15.2. The van der Waals surface area contributed by atoms with Crippen molar-refractivity contribution in [1.82, 2.24) is 14.5 Å². The SMILES string of the molecule is NC(=S)c1c(N)n(COCc2ccccc2)c2ncnc(N)c12. The molecule has 0 bridgehead atoms. The van der Waals surface area contributed by atoms with Crippen LogP contribution < -0.4 is 17.2 Å². The Morgan fingerprint density at radius 2 is 1.91 bits per heavy atom. The minimum atomic E-state index is 0.149. The van der Waals surface area contributed by atoms with Gasteiger partial charge in [-0.25, -0.2) is 9.97 Å². The van der Waals surface area contributed by atoms with E-state index in [0.717, 1.165) is 5.56 Å². The van der Waals surface area contributed by atoms with Gasteiger partial charge in [0.15, 0.2) is 0 Å². The van der Waals surface area contributed by atoms with Crippen LogP contribution in [0.5, 0.6) is 0 Å². The Morgan fingerprint density at radius 1 is 1.17 bits per heavy atom. The van der Waals surface area contributed by atoms with Crippen molar-refractivity contribution in [2.45, 2.75) is 13.3 Å². The maximum absolute atomic E-state index is 6.16. The van der Waals surface area contributed by atoms with E-state index in [1.807, 2.05) is 30.3 Å². The molecule has 0 saturated heterocycles. The molecule has 0 amide bonds. The summed E-state index contributed by atoms with van der Waals surface area (Å²) in [5.74, 6) is 0.652. The first-order valence-electron chi connectivity index (χ1n) is 6.89. The topological polar surface area (TPSA) is 118 Å². The van der Waals surface area contributed by atoms with Gasteiger partial charge in [0.2, 0.25) is 0 Å². The third-order valence-electron chi connectivity index (χ3n) is 3.49. The zero-order valence-corrected chi connectivity index (χ0v) is 13.1. The molecule has 2 aromatic heterocycles. The lowest BCUT2D eigenvalue weighted by molar-refractivity contribution is 0.0677. The van der Waals surface area contributed by atoms with Crippen LogP contribution in [-0.2, 0) is 18.1 Å². The summed E-state index contributed by atoms with van der Waals surface area (Å²) in [5.41, 5.74) is 19.9. The lowest BCUT2D eigenvalue weighted by Crippen LogP contribution is -2.13. The number of aromatic nitrogens is 3. The molecule has 3 aromatic rings. The van der Waals surface area contributed by atoms with E-state index in [4.69, 9.17) is 34.2 Å². The zero-order chi connectivity index (χ0) is 16.4. The standard InChI is InChI=1S/C15H16N6OS/c16-12-10-11(14(18)23)13(17)21(15(10)20-7-19-12)8-22-6-9-4-2-1-3-5-9/h1-5,7H,6,8,17H2,(H2,18,23)(H2,16,19,20). The van der Waals surface area contributed by atoms with Crippen LogP contribution in [0, 0.1) is 0 Å². The minimum absolute atomic E-state index is 0.149. The van der Waals surface area contributed by atoms with E-state index in [9.17, 15) is 0 Å². The number of ether oxygens (including phenoxy) is 1. The van der Waals surface area contributed by atoms with Gasteiger partial charge in [-0.2, -0.15) is 0 Å². The molecular weight excluding hydrogens is 312 g/mol. The van der Waals surface area contributed by atoms with Gasteiger partial charge >= 0.3 is 0 Å². The summed E-state index contributed by atoms with van der Waals surface area (Å²) in [6.45, 7) is 0.652. The summed E-state index contributed by atoms with van der Waals surface area (Å²) in [7, 11) is 0. The van der Waals surface area contributed by atoms with Gasteiger partial charge < -0.3 is 21.9 Å². The summed E-state index contributed by atoms with van der Waals surface area (Å²) in [6.07, 6.45) is 1.37. The van der Waals surface area contributed by atoms with Crippen molar-refractivity contribution in [3.63, 3.8) is 0 Å². The monoisotopic (exact) mass is 328 g/mol. The molecule has 3 rings (SSSR count). The molecule has 118 valence electrons. The lowest BCUT2D eigenvalue weighted by Gasteiger charge is -2.09. The number of nitrogens with two attached hydrogens (primary N) is 3. The van der Waals surface area contributed by atoms with Gasteiger partial charge in [-0.1, -0.05) is 42.5 Å². The number of rotatable bonds is 5. The second-order valence-corrected chi connectivity index (χ2v) is 5.41. The molecule has 0 fully saturated rings. The van der Waals surface area contributed by atoms with Crippen LogP contribution in [0.4, 0.5) is 11.6 Å². The fourth-order valence-corrected chi connectivity index (χ4v) is 2.63. The Kier molecular flexibility index (Phi) is 4.09. The number of nitrogens with zero attached hydrogens (tertiary/aromatic N) is 3. The average Bonchev–Trinajstić information content (AvgIpc) is 2.82. The largest absolute Gasteiger partial charge is 0.389 e. The van der Waals surface area contributed by atoms with Crippen molar-refractivity contribution in [1.29, 1.82) is 0 Å². The molecule has 8 heteroatoms. The van der Waals surface area contributed by atoms with Gasteiger partial charge in [-0.05, 0) is 5.56 Å². The number of fused-ring (bicyclic) bond motifs is 1. The Morgan fingerprint density at radius 3 is 2.61 bits per heavy atom. The molecule has 0 aliphatic carbocycles. The highest BCUT2D eigenvalue weighted by Crippen LogP contribution is 2.30. The highest BCUT2D eigenvalue weighted by Gasteiger charge is 2.20. The molecular formula is C15H16N6OS. The van der Waals surface area contributed by atoms with Crippen molar-refractivity contribution in [3.8, 4) is 0 Å². The van der Waals surface area contributed by atoms with Crippen LogP contribution >= 0.6 is 12.2 Å². The Hall–Kier alpha value is -2.71. The molecule has 0 aliphatic rings. The van der Waals surface area contributed by atoms with Crippen LogP contribution in [-0.4, -0.2) is 19.5 Å². The Balaban J connectivity index is 1.93. The first-order valence-corrected chi connectivity index (χ1v) is 7.30. The van der Waals surface area contributed by atoms with E-state index in [-0.39, 0.29) is 17.5 Å². The fourth-order valence-electron chi connectivity index (χ4n) is 2.42. The van der Waals surface area contributed by atoms with Crippen LogP contribution in [0.25, 0.3) is 11.0 Å². The van der Waals surface area contributed by atoms with E-state index in [1.54, 1.807) is 4.57 Å². The summed E-state index contributed by atoms with van der Waals surface area (Å²) in [4.78, 5) is 8.35. The van der Waals surface area contributed by atoms with Gasteiger partial charge in [0, 0.05) is 0 Å². The molecule has 6 N–H and O–H groups in total. The van der Waals surface area contributed by atoms with Gasteiger partial charge in [-0.3, -0.25) is 4.57 Å². The second kappa shape index (κ2) is 6.19. The number of nitrogen functional groups attached to an aromatic ring is 2. The molecule has 23 heavy (non-hydrogen) atoms. The summed E-state index contributed by atoms with van der Waals surface area (Å²) < 4.78 is 7.41. The molecule has 1 aromatic carbocycles.